The van der Waals surface area contributed by atoms with E-state index >= 15 is 0 Å². The van der Waals surface area contributed by atoms with Crippen LogP contribution >= 0.6 is 0 Å². The lowest BCUT2D eigenvalue weighted by Crippen LogP contribution is -2.45. The van der Waals surface area contributed by atoms with Gasteiger partial charge in [0.2, 0.25) is 0 Å². The summed E-state index contributed by atoms with van der Waals surface area (Å²) < 4.78 is 28.7. The van der Waals surface area contributed by atoms with E-state index in [0.717, 1.165) is 32.4 Å². The Morgan fingerprint density at radius 1 is 1.48 bits per heavy atom. The SMILES string of the molecule is CCCNCC1CCCN(S(=O)(=O)Nc2cccnn2)C1. The molecule has 1 unspecified atom stereocenters. The number of aromatic nitrogens is 2. The second-order valence-corrected chi connectivity index (χ2v) is 6.96. The van der Waals surface area contributed by atoms with E-state index in [-0.39, 0.29) is 5.82 Å². The highest BCUT2D eigenvalue weighted by Crippen LogP contribution is 2.19. The normalized spacial score (nSPS) is 20.3. The Morgan fingerprint density at radius 3 is 3.05 bits per heavy atom. The third kappa shape index (κ3) is 4.90. The fraction of sp³-hybridized carbons (Fsp3) is 0.692. The molecule has 1 aromatic rings. The van der Waals surface area contributed by atoms with E-state index in [1.54, 1.807) is 12.1 Å². The van der Waals surface area contributed by atoms with Crippen LogP contribution in [-0.2, 0) is 10.2 Å². The molecule has 0 aromatic carbocycles. The van der Waals surface area contributed by atoms with E-state index in [4.69, 9.17) is 0 Å². The van der Waals surface area contributed by atoms with Crippen LogP contribution in [-0.4, -0.2) is 49.1 Å². The van der Waals surface area contributed by atoms with Gasteiger partial charge in [0.05, 0.1) is 0 Å². The second-order valence-electron chi connectivity index (χ2n) is 5.29. The summed E-state index contributed by atoms with van der Waals surface area (Å²) in [5.41, 5.74) is 0. The van der Waals surface area contributed by atoms with Crippen LogP contribution in [0.15, 0.2) is 18.3 Å². The molecule has 1 aromatic heterocycles. The molecule has 0 spiro atoms. The van der Waals surface area contributed by atoms with Gasteiger partial charge in [0.25, 0.3) is 0 Å². The topological polar surface area (TPSA) is 87.2 Å². The van der Waals surface area contributed by atoms with Gasteiger partial charge in [-0.2, -0.15) is 17.8 Å². The highest BCUT2D eigenvalue weighted by Gasteiger charge is 2.28. The Hall–Kier alpha value is -1.25. The van der Waals surface area contributed by atoms with E-state index in [0.29, 0.717) is 19.0 Å². The molecule has 118 valence electrons. The van der Waals surface area contributed by atoms with Crippen LogP contribution in [0.5, 0.6) is 0 Å². The molecule has 0 saturated carbocycles. The number of nitrogens with one attached hydrogen (secondary N) is 2. The highest BCUT2D eigenvalue weighted by molar-refractivity contribution is 7.90. The molecule has 1 saturated heterocycles. The molecule has 1 aliphatic heterocycles. The van der Waals surface area contributed by atoms with Crippen molar-refractivity contribution in [1.82, 2.24) is 19.8 Å². The van der Waals surface area contributed by atoms with E-state index in [1.165, 1.54) is 10.5 Å². The van der Waals surface area contributed by atoms with E-state index in [2.05, 4.69) is 27.2 Å². The molecule has 1 aliphatic rings. The maximum absolute atomic E-state index is 12.4. The summed E-state index contributed by atoms with van der Waals surface area (Å²) in [6.45, 7) is 5.06. The Morgan fingerprint density at radius 2 is 2.33 bits per heavy atom. The van der Waals surface area contributed by atoms with Crippen molar-refractivity contribution in [2.45, 2.75) is 26.2 Å². The van der Waals surface area contributed by atoms with Crippen LogP contribution in [0.1, 0.15) is 26.2 Å². The molecule has 2 rings (SSSR count). The molecule has 7 nitrogen and oxygen atoms in total. The first-order chi connectivity index (χ1) is 10.1. The maximum atomic E-state index is 12.4. The lowest BCUT2D eigenvalue weighted by molar-refractivity contribution is 0.261. The van der Waals surface area contributed by atoms with E-state index in [9.17, 15) is 8.42 Å². The van der Waals surface area contributed by atoms with Gasteiger partial charge < -0.3 is 5.32 Å². The van der Waals surface area contributed by atoms with Crippen molar-refractivity contribution >= 4 is 16.0 Å². The first-order valence-corrected chi connectivity index (χ1v) is 8.82. The van der Waals surface area contributed by atoms with Gasteiger partial charge in [-0.15, -0.1) is 5.10 Å². The van der Waals surface area contributed by atoms with Gasteiger partial charge in [-0.1, -0.05) is 6.92 Å². The standard InChI is InChI=1S/C13H23N5O2S/c1-2-7-14-10-12-5-4-9-18(11-12)21(19,20)17-13-6-3-8-15-16-13/h3,6,8,12,14H,2,4-5,7,9-11H2,1H3,(H,16,17). The predicted octanol–water partition coefficient (Wildman–Crippen LogP) is 0.845. The lowest BCUT2D eigenvalue weighted by Gasteiger charge is -2.31. The number of hydrogen-bond acceptors (Lipinski definition) is 5. The average molecular weight is 313 g/mol. The summed E-state index contributed by atoms with van der Waals surface area (Å²) in [5, 5.41) is 10.8. The van der Waals surface area contributed by atoms with Crippen molar-refractivity contribution in [3.05, 3.63) is 18.3 Å². The molecule has 21 heavy (non-hydrogen) atoms. The van der Waals surface area contributed by atoms with Gasteiger partial charge in [0.15, 0.2) is 5.82 Å². The molecular weight excluding hydrogens is 290 g/mol. The zero-order valence-corrected chi connectivity index (χ0v) is 13.1. The van der Waals surface area contributed by atoms with Gasteiger partial charge in [0, 0.05) is 19.3 Å². The van der Waals surface area contributed by atoms with Gasteiger partial charge in [0.1, 0.15) is 0 Å². The van der Waals surface area contributed by atoms with Crippen LogP contribution in [0.2, 0.25) is 0 Å². The minimum atomic E-state index is -3.55. The molecule has 1 atom stereocenters. The fourth-order valence-corrected chi connectivity index (χ4v) is 3.73. The third-order valence-corrected chi connectivity index (χ3v) is 4.97. The zero-order chi connectivity index (χ0) is 15.1. The first kappa shape index (κ1) is 16.1. The summed E-state index contributed by atoms with van der Waals surface area (Å²) >= 11 is 0. The largest absolute Gasteiger partial charge is 0.316 e. The predicted molar refractivity (Wildman–Crippen MR) is 82.0 cm³/mol. The molecular formula is C13H23N5O2S. The van der Waals surface area contributed by atoms with Crippen LogP contribution < -0.4 is 10.0 Å². The summed E-state index contributed by atoms with van der Waals surface area (Å²) in [4.78, 5) is 0. The van der Waals surface area contributed by atoms with Crippen LogP contribution in [0.3, 0.4) is 0 Å². The summed E-state index contributed by atoms with van der Waals surface area (Å²) in [5.74, 6) is 0.618. The number of piperidine rings is 1. The minimum Gasteiger partial charge on any atom is -0.316 e. The van der Waals surface area contributed by atoms with Gasteiger partial charge >= 0.3 is 10.2 Å². The Balaban J connectivity index is 1.93. The maximum Gasteiger partial charge on any atom is 0.302 e. The smallest absolute Gasteiger partial charge is 0.302 e. The first-order valence-electron chi connectivity index (χ1n) is 7.38. The van der Waals surface area contributed by atoms with Crippen molar-refractivity contribution in [3.63, 3.8) is 0 Å². The second kappa shape index (κ2) is 7.67. The van der Waals surface area contributed by atoms with Crippen LogP contribution in [0.4, 0.5) is 5.82 Å². The fourth-order valence-electron chi connectivity index (χ4n) is 2.45. The summed E-state index contributed by atoms with van der Waals surface area (Å²) in [7, 11) is -3.55. The van der Waals surface area contributed by atoms with Crippen molar-refractivity contribution < 1.29 is 8.42 Å². The average Bonchev–Trinajstić information content (AvgIpc) is 2.48. The molecule has 2 N–H and O–H groups in total. The molecule has 8 heteroatoms. The lowest BCUT2D eigenvalue weighted by atomic mass is 10.00. The third-order valence-electron chi connectivity index (χ3n) is 3.49. The molecule has 1 fully saturated rings. The molecule has 0 aliphatic carbocycles. The highest BCUT2D eigenvalue weighted by atomic mass is 32.2. The van der Waals surface area contributed by atoms with E-state index in [1.807, 2.05) is 0 Å². The van der Waals surface area contributed by atoms with Crippen molar-refractivity contribution in [2.75, 3.05) is 30.9 Å². The Kier molecular flexibility index (Phi) is 5.89. The number of hydrogen-bond donors (Lipinski definition) is 2. The number of rotatable bonds is 7. The molecule has 0 amide bonds. The Labute approximate surface area is 126 Å². The summed E-state index contributed by atoms with van der Waals surface area (Å²) in [6, 6.07) is 3.24. The Bertz CT molecular complexity index is 523. The van der Waals surface area contributed by atoms with Crippen molar-refractivity contribution in [3.8, 4) is 0 Å². The minimum absolute atomic E-state index is 0.253. The molecule has 2 heterocycles. The quantitative estimate of drug-likeness (QED) is 0.729. The van der Waals surface area contributed by atoms with E-state index < -0.39 is 10.2 Å². The number of anilines is 1. The monoisotopic (exact) mass is 313 g/mol. The van der Waals surface area contributed by atoms with Gasteiger partial charge in [-0.3, -0.25) is 4.72 Å². The number of nitrogens with zero attached hydrogens (tertiary/aromatic N) is 3. The molecule has 0 radical (unpaired) electrons. The zero-order valence-electron chi connectivity index (χ0n) is 12.3. The van der Waals surface area contributed by atoms with Crippen LogP contribution in [0, 0.1) is 5.92 Å². The van der Waals surface area contributed by atoms with Gasteiger partial charge in [-0.25, -0.2) is 0 Å². The van der Waals surface area contributed by atoms with Crippen LogP contribution in [0.25, 0.3) is 0 Å². The van der Waals surface area contributed by atoms with Crippen molar-refractivity contribution in [1.29, 1.82) is 0 Å². The van der Waals surface area contributed by atoms with Crippen molar-refractivity contribution in [2.24, 2.45) is 5.92 Å². The molecule has 0 bridgehead atoms. The summed E-state index contributed by atoms with van der Waals surface area (Å²) in [6.07, 6.45) is 4.55. The van der Waals surface area contributed by atoms with Gasteiger partial charge in [-0.05, 0) is 50.4 Å².